The molecule has 1 aromatic rings. The van der Waals surface area contributed by atoms with Crippen molar-refractivity contribution < 1.29 is 19.5 Å². The quantitative estimate of drug-likeness (QED) is 0.773. The molecule has 0 spiro atoms. The average Bonchev–Trinajstić information content (AvgIpc) is 2.44. The summed E-state index contributed by atoms with van der Waals surface area (Å²) in [5, 5.41) is 13.1. The SMILES string of the molecule is CC(=O)N(OCc1ccccc1)C(=O)[C@@H](CO)NC(C)(C)C. The van der Waals surface area contributed by atoms with Gasteiger partial charge in [-0.2, -0.15) is 5.06 Å². The van der Waals surface area contributed by atoms with Crippen molar-refractivity contribution in [3.05, 3.63) is 35.9 Å². The van der Waals surface area contributed by atoms with Crippen molar-refractivity contribution in [3.8, 4) is 0 Å². The lowest BCUT2D eigenvalue weighted by Crippen LogP contribution is -2.55. The Morgan fingerprint density at radius 3 is 2.32 bits per heavy atom. The number of nitrogens with one attached hydrogen (secondary N) is 1. The van der Waals surface area contributed by atoms with Crippen LogP contribution in [0.5, 0.6) is 0 Å². The van der Waals surface area contributed by atoms with Crippen LogP contribution in [0, 0.1) is 0 Å². The summed E-state index contributed by atoms with van der Waals surface area (Å²) in [6.07, 6.45) is 0. The third-order valence-corrected chi connectivity index (χ3v) is 2.78. The summed E-state index contributed by atoms with van der Waals surface area (Å²) in [5.41, 5.74) is 0.455. The van der Waals surface area contributed by atoms with E-state index in [1.54, 1.807) is 0 Å². The molecule has 6 nitrogen and oxygen atoms in total. The first-order chi connectivity index (χ1) is 10.2. The lowest BCUT2D eigenvalue weighted by molar-refractivity contribution is -0.199. The molecule has 0 bridgehead atoms. The normalized spacial score (nSPS) is 12.8. The van der Waals surface area contributed by atoms with Gasteiger partial charge in [-0.15, -0.1) is 0 Å². The number of hydrogen-bond acceptors (Lipinski definition) is 5. The van der Waals surface area contributed by atoms with Crippen LogP contribution in [0.15, 0.2) is 30.3 Å². The predicted molar refractivity (Wildman–Crippen MR) is 82.5 cm³/mol. The van der Waals surface area contributed by atoms with Gasteiger partial charge >= 0.3 is 0 Å². The molecule has 0 aliphatic rings. The van der Waals surface area contributed by atoms with Crippen LogP contribution in [0.3, 0.4) is 0 Å². The van der Waals surface area contributed by atoms with E-state index in [9.17, 15) is 14.7 Å². The Labute approximate surface area is 131 Å². The summed E-state index contributed by atoms with van der Waals surface area (Å²) >= 11 is 0. The van der Waals surface area contributed by atoms with Crippen LogP contribution in [-0.2, 0) is 21.0 Å². The molecule has 6 heteroatoms. The van der Waals surface area contributed by atoms with Gasteiger partial charge in [0.2, 0.25) is 5.91 Å². The summed E-state index contributed by atoms with van der Waals surface area (Å²) in [6.45, 7) is 6.52. The molecule has 1 aromatic carbocycles. The number of carbonyl (C=O) groups is 2. The monoisotopic (exact) mass is 308 g/mol. The van der Waals surface area contributed by atoms with E-state index in [2.05, 4.69) is 5.32 Å². The number of hydroxylamine groups is 2. The number of imide groups is 1. The lowest BCUT2D eigenvalue weighted by atomic mass is 10.1. The first-order valence-corrected chi connectivity index (χ1v) is 7.14. The fourth-order valence-electron chi connectivity index (χ4n) is 1.87. The average molecular weight is 308 g/mol. The molecule has 22 heavy (non-hydrogen) atoms. The molecule has 0 heterocycles. The van der Waals surface area contributed by atoms with Crippen molar-refractivity contribution in [1.82, 2.24) is 10.4 Å². The molecule has 2 amide bonds. The van der Waals surface area contributed by atoms with E-state index in [1.165, 1.54) is 6.92 Å². The zero-order valence-electron chi connectivity index (χ0n) is 13.5. The van der Waals surface area contributed by atoms with Crippen LogP contribution in [0.4, 0.5) is 0 Å². The molecule has 0 unspecified atom stereocenters. The highest BCUT2D eigenvalue weighted by Gasteiger charge is 2.30. The summed E-state index contributed by atoms with van der Waals surface area (Å²) in [6, 6.07) is 8.32. The fraction of sp³-hybridized carbons (Fsp3) is 0.500. The largest absolute Gasteiger partial charge is 0.394 e. The summed E-state index contributed by atoms with van der Waals surface area (Å²) in [7, 11) is 0. The first-order valence-electron chi connectivity index (χ1n) is 7.14. The van der Waals surface area contributed by atoms with Crippen LogP contribution in [0.2, 0.25) is 0 Å². The van der Waals surface area contributed by atoms with Crippen molar-refractivity contribution in [3.63, 3.8) is 0 Å². The molecule has 1 rings (SSSR count). The van der Waals surface area contributed by atoms with E-state index < -0.39 is 24.5 Å². The van der Waals surface area contributed by atoms with E-state index >= 15 is 0 Å². The number of aliphatic hydroxyl groups excluding tert-OH is 1. The molecule has 1 atom stereocenters. The van der Waals surface area contributed by atoms with Gasteiger partial charge in [0.1, 0.15) is 12.6 Å². The molecule has 0 aliphatic carbocycles. The van der Waals surface area contributed by atoms with Crippen molar-refractivity contribution >= 4 is 11.8 Å². The van der Waals surface area contributed by atoms with Gasteiger partial charge in [0, 0.05) is 12.5 Å². The maximum Gasteiger partial charge on any atom is 0.272 e. The minimum atomic E-state index is -0.903. The number of nitrogens with zero attached hydrogens (tertiary/aromatic N) is 1. The molecule has 0 saturated heterocycles. The molecule has 0 aromatic heterocycles. The third kappa shape index (κ3) is 5.93. The Morgan fingerprint density at radius 2 is 1.86 bits per heavy atom. The van der Waals surface area contributed by atoms with E-state index in [0.717, 1.165) is 5.56 Å². The number of benzene rings is 1. The van der Waals surface area contributed by atoms with Gasteiger partial charge in [-0.1, -0.05) is 30.3 Å². The smallest absolute Gasteiger partial charge is 0.272 e. The van der Waals surface area contributed by atoms with Gasteiger partial charge in [-0.05, 0) is 26.3 Å². The topological polar surface area (TPSA) is 78.9 Å². The minimum absolute atomic E-state index is 0.0971. The van der Waals surface area contributed by atoms with Gasteiger partial charge in [0.25, 0.3) is 5.91 Å². The Kier molecular flexibility index (Phi) is 6.67. The molecule has 0 saturated carbocycles. The lowest BCUT2D eigenvalue weighted by Gasteiger charge is -2.29. The Bertz CT molecular complexity index is 497. The highest BCUT2D eigenvalue weighted by Crippen LogP contribution is 2.08. The van der Waals surface area contributed by atoms with Crippen LogP contribution >= 0.6 is 0 Å². The van der Waals surface area contributed by atoms with E-state index in [0.29, 0.717) is 5.06 Å². The number of rotatable bonds is 6. The second-order valence-corrected chi connectivity index (χ2v) is 6.04. The summed E-state index contributed by atoms with van der Waals surface area (Å²) in [4.78, 5) is 29.4. The highest BCUT2D eigenvalue weighted by molar-refractivity contribution is 5.95. The number of aliphatic hydroxyl groups is 1. The molecule has 2 N–H and O–H groups in total. The van der Waals surface area contributed by atoms with Gasteiger partial charge < -0.3 is 5.11 Å². The molecule has 0 aliphatic heterocycles. The predicted octanol–water partition coefficient (Wildman–Crippen LogP) is 1.24. The molecule has 0 fully saturated rings. The van der Waals surface area contributed by atoms with E-state index in [4.69, 9.17) is 4.84 Å². The van der Waals surface area contributed by atoms with Crippen LogP contribution in [0.1, 0.15) is 33.3 Å². The second-order valence-electron chi connectivity index (χ2n) is 6.04. The summed E-state index contributed by atoms with van der Waals surface area (Å²) < 4.78 is 0. The molecular weight excluding hydrogens is 284 g/mol. The Morgan fingerprint density at radius 1 is 1.27 bits per heavy atom. The highest BCUT2D eigenvalue weighted by atomic mass is 16.7. The fourth-order valence-corrected chi connectivity index (χ4v) is 1.87. The third-order valence-electron chi connectivity index (χ3n) is 2.78. The van der Waals surface area contributed by atoms with Gasteiger partial charge in [-0.3, -0.25) is 19.7 Å². The van der Waals surface area contributed by atoms with Gasteiger partial charge in [-0.25, -0.2) is 0 Å². The Hall–Kier alpha value is -1.76. The maximum absolute atomic E-state index is 12.4. The van der Waals surface area contributed by atoms with Crippen LogP contribution in [-0.4, -0.2) is 40.2 Å². The molecular formula is C16H24N2O4. The van der Waals surface area contributed by atoms with Gasteiger partial charge in [0.05, 0.1) is 6.61 Å². The summed E-state index contributed by atoms with van der Waals surface area (Å²) in [5.74, 6) is -1.14. The van der Waals surface area contributed by atoms with Crippen molar-refractivity contribution in [2.45, 2.75) is 45.9 Å². The number of carbonyl (C=O) groups excluding carboxylic acids is 2. The second kappa shape index (κ2) is 8.03. The van der Waals surface area contributed by atoms with Gasteiger partial charge in [0.15, 0.2) is 0 Å². The van der Waals surface area contributed by atoms with E-state index in [-0.39, 0.29) is 12.1 Å². The maximum atomic E-state index is 12.4. The minimum Gasteiger partial charge on any atom is -0.394 e. The van der Waals surface area contributed by atoms with E-state index in [1.807, 2.05) is 51.1 Å². The zero-order valence-corrected chi connectivity index (χ0v) is 13.5. The Balaban J connectivity index is 2.76. The van der Waals surface area contributed by atoms with Crippen molar-refractivity contribution in [2.75, 3.05) is 6.61 Å². The molecule has 122 valence electrons. The molecule has 0 radical (unpaired) electrons. The standard InChI is InChI=1S/C16H24N2O4/c1-12(20)18(22-11-13-8-6-5-7-9-13)15(21)14(10-19)17-16(2,3)4/h5-9,14,17,19H,10-11H2,1-4H3/t14-/m1/s1. The number of amides is 2. The van der Waals surface area contributed by atoms with Crippen molar-refractivity contribution in [2.24, 2.45) is 0 Å². The van der Waals surface area contributed by atoms with Crippen molar-refractivity contribution in [1.29, 1.82) is 0 Å². The zero-order chi connectivity index (χ0) is 16.8. The first kappa shape index (κ1) is 18.3. The number of hydrogen-bond donors (Lipinski definition) is 2. The van der Waals surface area contributed by atoms with Crippen LogP contribution < -0.4 is 5.32 Å². The van der Waals surface area contributed by atoms with Crippen LogP contribution in [0.25, 0.3) is 0 Å².